The largest absolute Gasteiger partial charge is 0.494 e. The highest BCUT2D eigenvalue weighted by atomic mass is 19.1. The zero-order valence-corrected chi connectivity index (χ0v) is 17.3. The van der Waals surface area contributed by atoms with Gasteiger partial charge >= 0.3 is 6.09 Å². The van der Waals surface area contributed by atoms with Gasteiger partial charge in [-0.05, 0) is 57.0 Å². The lowest BCUT2D eigenvalue weighted by molar-refractivity contribution is 0.0522. The molecule has 0 fully saturated rings. The molecule has 156 valence electrons. The van der Waals surface area contributed by atoms with Crippen LogP contribution in [0.25, 0.3) is 0 Å². The second-order valence-electron chi connectivity index (χ2n) is 7.60. The third-order valence-electron chi connectivity index (χ3n) is 4.11. The van der Waals surface area contributed by atoms with Crippen LogP contribution in [0.2, 0.25) is 0 Å². The second-order valence-corrected chi connectivity index (χ2v) is 7.60. The Morgan fingerprint density at radius 2 is 1.83 bits per heavy atom. The predicted molar refractivity (Wildman–Crippen MR) is 108 cm³/mol. The lowest BCUT2D eigenvalue weighted by Crippen LogP contribution is -2.33. The number of halogens is 1. The smallest absolute Gasteiger partial charge is 0.407 e. The number of amides is 2. The van der Waals surface area contributed by atoms with Crippen LogP contribution in [0.15, 0.2) is 42.5 Å². The minimum absolute atomic E-state index is 0.143. The minimum Gasteiger partial charge on any atom is -0.494 e. The molecular weight excluding hydrogens is 375 g/mol. The van der Waals surface area contributed by atoms with E-state index in [1.54, 1.807) is 58.0 Å². The van der Waals surface area contributed by atoms with Gasteiger partial charge in [-0.1, -0.05) is 24.3 Å². The van der Waals surface area contributed by atoms with E-state index < -0.39 is 23.6 Å². The Kier molecular flexibility index (Phi) is 7.20. The number of alkyl carbamates (subject to hydrolysis) is 1. The van der Waals surface area contributed by atoms with Crippen LogP contribution in [0.5, 0.6) is 5.75 Å². The van der Waals surface area contributed by atoms with Crippen molar-refractivity contribution in [2.24, 2.45) is 0 Å². The molecule has 1 atom stereocenters. The van der Waals surface area contributed by atoms with Gasteiger partial charge in [-0.3, -0.25) is 4.79 Å². The van der Waals surface area contributed by atoms with Crippen molar-refractivity contribution >= 4 is 12.0 Å². The number of hydrogen-bond acceptors (Lipinski definition) is 4. The molecule has 29 heavy (non-hydrogen) atoms. The van der Waals surface area contributed by atoms with E-state index in [2.05, 4.69) is 10.6 Å². The molecule has 2 aromatic rings. The van der Waals surface area contributed by atoms with Crippen molar-refractivity contribution in [2.45, 2.75) is 45.9 Å². The lowest BCUT2D eigenvalue weighted by atomic mass is 10.0. The Labute approximate surface area is 170 Å². The monoisotopic (exact) mass is 402 g/mol. The van der Waals surface area contributed by atoms with Crippen LogP contribution in [-0.4, -0.2) is 24.7 Å². The SMILES string of the molecule is COc1ccc(C(C)NC(=O)c2ccccc2CNC(=O)OC(C)(C)C)cc1F. The average molecular weight is 402 g/mol. The minimum atomic E-state index is -0.607. The summed E-state index contributed by atoms with van der Waals surface area (Å²) >= 11 is 0. The van der Waals surface area contributed by atoms with Crippen LogP contribution in [0, 0.1) is 5.82 Å². The van der Waals surface area contributed by atoms with Crippen LogP contribution >= 0.6 is 0 Å². The number of methoxy groups -OCH3 is 1. The molecule has 0 saturated carbocycles. The van der Waals surface area contributed by atoms with E-state index in [1.165, 1.54) is 19.2 Å². The van der Waals surface area contributed by atoms with Crippen LogP contribution in [0.1, 0.15) is 55.2 Å². The van der Waals surface area contributed by atoms with Crippen LogP contribution < -0.4 is 15.4 Å². The van der Waals surface area contributed by atoms with Crippen molar-refractivity contribution in [3.8, 4) is 5.75 Å². The highest BCUT2D eigenvalue weighted by molar-refractivity contribution is 5.96. The number of benzene rings is 2. The molecule has 0 spiro atoms. The van der Waals surface area contributed by atoms with Crippen molar-refractivity contribution < 1.29 is 23.5 Å². The highest BCUT2D eigenvalue weighted by Crippen LogP contribution is 2.22. The van der Waals surface area contributed by atoms with Gasteiger partial charge in [0.15, 0.2) is 11.6 Å². The molecule has 2 rings (SSSR count). The quantitative estimate of drug-likeness (QED) is 0.753. The molecule has 0 bridgehead atoms. The molecule has 2 aromatic carbocycles. The number of carbonyl (C=O) groups excluding carboxylic acids is 2. The van der Waals surface area contributed by atoms with E-state index in [0.717, 1.165) is 0 Å². The summed E-state index contributed by atoms with van der Waals surface area (Å²) < 4.78 is 24.1. The third kappa shape index (κ3) is 6.48. The molecule has 0 saturated heterocycles. The van der Waals surface area contributed by atoms with E-state index in [9.17, 15) is 14.0 Å². The topological polar surface area (TPSA) is 76.7 Å². The van der Waals surface area contributed by atoms with Gasteiger partial charge in [-0.2, -0.15) is 0 Å². The standard InChI is InChI=1S/C22H27FN2O4/c1-14(15-10-11-19(28-5)18(23)12-15)25-20(26)17-9-7-6-8-16(17)13-24-21(27)29-22(2,3)4/h6-12,14H,13H2,1-5H3,(H,24,27)(H,25,26). The Bertz CT molecular complexity index is 877. The van der Waals surface area contributed by atoms with E-state index in [0.29, 0.717) is 16.7 Å². The Morgan fingerprint density at radius 3 is 2.45 bits per heavy atom. The highest BCUT2D eigenvalue weighted by Gasteiger charge is 2.18. The van der Waals surface area contributed by atoms with Gasteiger partial charge in [0.2, 0.25) is 0 Å². The van der Waals surface area contributed by atoms with E-state index in [-0.39, 0.29) is 18.2 Å². The van der Waals surface area contributed by atoms with Crippen LogP contribution in [0.3, 0.4) is 0 Å². The first kappa shape index (κ1) is 22.2. The maximum atomic E-state index is 13.9. The Hall–Kier alpha value is -3.09. The molecule has 0 heterocycles. The average Bonchev–Trinajstić information content (AvgIpc) is 2.65. The summed E-state index contributed by atoms with van der Waals surface area (Å²) in [5.41, 5.74) is 1.07. The van der Waals surface area contributed by atoms with Crippen LogP contribution in [-0.2, 0) is 11.3 Å². The first-order chi connectivity index (χ1) is 13.6. The fourth-order valence-corrected chi connectivity index (χ4v) is 2.69. The van der Waals surface area contributed by atoms with Gasteiger partial charge in [0.25, 0.3) is 5.91 Å². The van der Waals surface area contributed by atoms with Gasteiger partial charge in [-0.15, -0.1) is 0 Å². The molecule has 0 aromatic heterocycles. The summed E-state index contributed by atoms with van der Waals surface area (Å²) in [4.78, 5) is 24.6. The van der Waals surface area contributed by atoms with Gasteiger partial charge in [0, 0.05) is 12.1 Å². The summed E-state index contributed by atoms with van der Waals surface area (Å²) in [5.74, 6) is -0.672. The van der Waals surface area contributed by atoms with Gasteiger partial charge in [0.1, 0.15) is 5.60 Å². The molecule has 7 heteroatoms. The number of nitrogens with one attached hydrogen (secondary N) is 2. The molecule has 2 N–H and O–H groups in total. The van der Waals surface area contributed by atoms with Crippen molar-refractivity contribution in [3.63, 3.8) is 0 Å². The van der Waals surface area contributed by atoms with E-state index in [1.807, 2.05) is 0 Å². The van der Waals surface area contributed by atoms with E-state index >= 15 is 0 Å². The Balaban J connectivity index is 2.07. The van der Waals surface area contributed by atoms with Gasteiger partial charge in [-0.25, -0.2) is 9.18 Å². The number of rotatable bonds is 6. The molecular formula is C22H27FN2O4. The molecule has 0 aliphatic carbocycles. The summed E-state index contributed by atoms with van der Waals surface area (Å²) in [6, 6.07) is 11.1. The van der Waals surface area contributed by atoms with Crippen molar-refractivity contribution in [3.05, 3.63) is 65.0 Å². The van der Waals surface area contributed by atoms with Crippen molar-refractivity contribution in [1.29, 1.82) is 0 Å². The maximum Gasteiger partial charge on any atom is 0.407 e. The van der Waals surface area contributed by atoms with Gasteiger partial charge in [0.05, 0.1) is 13.2 Å². The second kappa shape index (κ2) is 9.41. The summed E-state index contributed by atoms with van der Waals surface area (Å²) in [5, 5.41) is 5.50. The lowest BCUT2D eigenvalue weighted by Gasteiger charge is -2.20. The molecule has 0 radical (unpaired) electrons. The number of hydrogen-bond donors (Lipinski definition) is 2. The van der Waals surface area contributed by atoms with E-state index in [4.69, 9.17) is 9.47 Å². The molecule has 0 aliphatic rings. The zero-order valence-electron chi connectivity index (χ0n) is 17.3. The molecule has 6 nitrogen and oxygen atoms in total. The first-order valence-corrected chi connectivity index (χ1v) is 9.30. The molecule has 2 amide bonds. The number of carbonyl (C=O) groups is 2. The summed E-state index contributed by atoms with van der Waals surface area (Å²) in [7, 11) is 1.39. The van der Waals surface area contributed by atoms with Crippen molar-refractivity contribution in [2.75, 3.05) is 7.11 Å². The normalized spacial score (nSPS) is 12.1. The molecule has 0 aliphatic heterocycles. The Morgan fingerprint density at radius 1 is 1.14 bits per heavy atom. The van der Waals surface area contributed by atoms with Gasteiger partial charge < -0.3 is 20.1 Å². The summed E-state index contributed by atoms with van der Waals surface area (Å²) in [6.07, 6.45) is -0.560. The predicted octanol–water partition coefficient (Wildman–Crippen LogP) is 4.35. The first-order valence-electron chi connectivity index (χ1n) is 9.30. The fourth-order valence-electron chi connectivity index (χ4n) is 2.69. The maximum absolute atomic E-state index is 13.9. The number of ether oxygens (including phenoxy) is 2. The fraction of sp³-hybridized carbons (Fsp3) is 0.364. The van der Waals surface area contributed by atoms with Crippen LogP contribution in [0.4, 0.5) is 9.18 Å². The van der Waals surface area contributed by atoms with Crippen molar-refractivity contribution in [1.82, 2.24) is 10.6 Å². The zero-order chi connectivity index (χ0) is 21.6. The third-order valence-corrected chi connectivity index (χ3v) is 4.11. The molecule has 1 unspecified atom stereocenters. The summed E-state index contributed by atoms with van der Waals surface area (Å²) in [6.45, 7) is 7.23.